The Labute approximate surface area is 180 Å². The van der Waals surface area contributed by atoms with E-state index in [4.69, 9.17) is 4.74 Å². The molecule has 31 heavy (non-hydrogen) atoms. The van der Waals surface area contributed by atoms with Gasteiger partial charge < -0.3 is 9.84 Å². The number of benzene rings is 2. The van der Waals surface area contributed by atoms with Crippen LogP contribution in [0.3, 0.4) is 0 Å². The second-order valence-corrected chi connectivity index (χ2v) is 7.25. The molecule has 3 aromatic rings. The average molecular weight is 414 g/mol. The Morgan fingerprint density at radius 1 is 1.06 bits per heavy atom. The SMILES string of the molecule is CCOc1ccc(/C(O)=C2/C(=O)C(=O)N(c3ccc(C)cc3)C2c2cccnc2)cc1. The van der Waals surface area contributed by atoms with Gasteiger partial charge in [-0.3, -0.25) is 19.5 Å². The summed E-state index contributed by atoms with van der Waals surface area (Å²) in [4.78, 5) is 31.7. The molecule has 1 aliphatic heterocycles. The first-order chi connectivity index (χ1) is 15.0. The summed E-state index contributed by atoms with van der Waals surface area (Å²) in [5.74, 6) is -1.00. The maximum absolute atomic E-state index is 13.1. The van der Waals surface area contributed by atoms with Gasteiger partial charge in [-0.05, 0) is 61.9 Å². The van der Waals surface area contributed by atoms with Crippen LogP contribution in [0.4, 0.5) is 5.69 Å². The molecule has 1 atom stereocenters. The molecule has 0 radical (unpaired) electrons. The van der Waals surface area contributed by atoms with E-state index in [0.29, 0.717) is 29.2 Å². The fraction of sp³-hybridized carbons (Fsp3) is 0.160. The zero-order valence-corrected chi connectivity index (χ0v) is 17.3. The van der Waals surface area contributed by atoms with Gasteiger partial charge in [0.1, 0.15) is 11.5 Å². The summed E-state index contributed by atoms with van der Waals surface area (Å²) in [7, 11) is 0. The molecule has 2 heterocycles. The van der Waals surface area contributed by atoms with Gasteiger partial charge >= 0.3 is 0 Å². The average Bonchev–Trinajstić information content (AvgIpc) is 3.06. The van der Waals surface area contributed by atoms with E-state index in [2.05, 4.69) is 4.98 Å². The zero-order chi connectivity index (χ0) is 22.0. The number of aliphatic hydroxyl groups is 1. The minimum atomic E-state index is -0.789. The lowest BCUT2D eigenvalue weighted by Crippen LogP contribution is -2.29. The second kappa shape index (κ2) is 8.44. The largest absolute Gasteiger partial charge is 0.507 e. The third-order valence-electron chi connectivity index (χ3n) is 5.20. The molecule has 0 spiro atoms. The molecule has 1 amide bonds. The minimum Gasteiger partial charge on any atom is -0.507 e. The highest BCUT2D eigenvalue weighted by molar-refractivity contribution is 6.51. The maximum Gasteiger partial charge on any atom is 0.300 e. The summed E-state index contributed by atoms with van der Waals surface area (Å²) in [6, 6.07) is 16.8. The van der Waals surface area contributed by atoms with Crippen LogP contribution < -0.4 is 9.64 Å². The van der Waals surface area contributed by atoms with Crippen LogP contribution in [-0.4, -0.2) is 28.4 Å². The summed E-state index contributed by atoms with van der Waals surface area (Å²) < 4.78 is 5.44. The topological polar surface area (TPSA) is 79.7 Å². The number of aliphatic hydroxyl groups excluding tert-OH is 1. The van der Waals surface area contributed by atoms with Gasteiger partial charge in [0.15, 0.2) is 0 Å². The molecule has 1 saturated heterocycles. The van der Waals surface area contributed by atoms with Crippen molar-refractivity contribution in [2.75, 3.05) is 11.5 Å². The summed E-state index contributed by atoms with van der Waals surface area (Å²) in [5.41, 5.74) is 2.71. The van der Waals surface area contributed by atoms with Crippen LogP contribution in [0.25, 0.3) is 5.76 Å². The van der Waals surface area contributed by atoms with Gasteiger partial charge in [-0.15, -0.1) is 0 Å². The molecule has 1 aliphatic rings. The van der Waals surface area contributed by atoms with Gasteiger partial charge in [0.25, 0.3) is 11.7 Å². The number of pyridine rings is 1. The van der Waals surface area contributed by atoms with E-state index in [1.807, 2.05) is 26.0 Å². The highest BCUT2D eigenvalue weighted by Gasteiger charge is 2.47. The minimum absolute atomic E-state index is 0.0303. The van der Waals surface area contributed by atoms with Gasteiger partial charge in [-0.1, -0.05) is 23.8 Å². The number of aromatic nitrogens is 1. The lowest BCUT2D eigenvalue weighted by molar-refractivity contribution is -0.132. The highest BCUT2D eigenvalue weighted by atomic mass is 16.5. The van der Waals surface area contributed by atoms with Crippen LogP contribution >= 0.6 is 0 Å². The number of aryl methyl sites for hydroxylation is 1. The van der Waals surface area contributed by atoms with Gasteiger partial charge in [0, 0.05) is 23.6 Å². The van der Waals surface area contributed by atoms with Crippen LogP contribution in [0.1, 0.15) is 29.7 Å². The quantitative estimate of drug-likeness (QED) is 0.380. The standard InChI is InChI=1S/C25H22N2O4/c1-3-31-20-12-8-17(9-13-20)23(28)21-22(18-5-4-14-26-15-18)27(25(30)24(21)29)19-10-6-16(2)7-11-19/h4-15,22,28H,3H2,1-2H3/b23-21-. The van der Waals surface area contributed by atoms with E-state index in [1.165, 1.54) is 4.90 Å². The fourth-order valence-electron chi connectivity index (χ4n) is 3.69. The monoisotopic (exact) mass is 414 g/mol. The smallest absolute Gasteiger partial charge is 0.300 e. The van der Waals surface area contributed by atoms with Crippen molar-refractivity contribution in [2.24, 2.45) is 0 Å². The summed E-state index contributed by atoms with van der Waals surface area (Å²) in [6.07, 6.45) is 3.22. The third kappa shape index (κ3) is 3.80. The van der Waals surface area contributed by atoms with E-state index in [9.17, 15) is 14.7 Å². The summed E-state index contributed by atoms with van der Waals surface area (Å²) in [6.45, 7) is 4.35. The first-order valence-corrected chi connectivity index (χ1v) is 10.0. The van der Waals surface area contributed by atoms with Crippen molar-refractivity contribution in [3.05, 3.63) is 95.3 Å². The molecule has 1 N–H and O–H groups in total. The Kier molecular flexibility index (Phi) is 5.54. The number of anilines is 1. The van der Waals surface area contributed by atoms with Crippen LogP contribution in [0.2, 0.25) is 0 Å². The number of ketones is 1. The highest BCUT2D eigenvalue weighted by Crippen LogP contribution is 2.42. The third-order valence-corrected chi connectivity index (χ3v) is 5.20. The number of Topliss-reactive ketones (excluding diaryl/α,β-unsaturated/α-hetero) is 1. The Hall–Kier alpha value is -3.93. The van der Waals surface area contributed by atoms with Crippen molar-refractivity contribution in [1.29, 1.82) is 0 Å². The molecule has 1 aromatic heterocycles. The lowest BCUT2D eigenvalue weighted by atomic mass is 9.96. The predicted molar refractivity (Wildman–Crippen MR) is 118 cm³/mol. The Morgan fingerprint density at radius 2 is 1.77 bits per heavy atom. The normalized spacial score (nSPS) is 17.7. The van der Waals surface area contributed by atoms with Crippen LogP contribution in [0.5, 0.6) is 5.75 Å². The van der Waals surface area contributed by atoms with Crippen LogP contribution in [-0.2, 0) is 9.59 Å². The van der Waals surface area contributed by atoms with Gasteiger partial charge in [-0.25, -0.2) is 0 Å². The van der Waals surface area contributed by atoms with Crippen molar-refractivity contribution in [3.8, 4) is 5.75 Å². The molecular formula is C25H22N2O4. The molecular weight excluding hydrogens is 392 g/mol. The number of carbonyl (C=O) groups excluding carboxylic acids is 2. The number of hydrogen-bond donors (Lipinski definition) is 1. The molecule has 1 fully saturated rings. The number of nitrogens with zero attached hydrogens (tertiary/aromatic N) is 2. The summed E-state index contributed by atoms with van der Waals surface area (Å²) >= 11 is 0. The van der Waals surface area contributed by atoms with E-state index in [-0.39, 0.29) is 11.3 Å². The number of rotatable bonds is 5. The lowest BCUT2D eigenvalue weighted by Gasteiger charge is -2.25. The number of amides is 1. The van der Waals surface area contributed by atoms with Crippen molar-refractivity contribution < 1.29 is 19.4 Å². The molecule has 4 rings (SSSR count). The van der Waals surface area contributed by atoms with Crippen molar-refractivity contribution >= 4 is 23.1 Å². The molecule has 0 aliphatic carbocycles. The van der Waals surface area contributed by atoms with Crippen molar-refractivity contribution in [1.82, 2.24) is 4.98 Å². The molecule has 0 saturated carbocycles. The first kappa shape index (κ1) is 20.3. The van der Waals surface area contributed by atoms with E-state index >= 15 is 0 Å². The van der Waals surface area contributed by atoms with Gasteiger partial charge in [-0.2, -0.15) is 0 Å². The summed E-state index contributed by atoms with van der Waals surface area (Å²) in [5, 5.41) is 11.1. The first-order valence-electron chi connectivity index (χ1n) is 10.0. The molecule has 6 nitrogen and oxygen atoms in total. The van der Waals surface area contributed by atoms with Crippen LogP contribution in [0, 0.1) is 6.92 Å². The number of hydrogen-bond acceptors (Lipinski definition) is 5. The molecule has 1 unspecified atom stereocenters. The zero-order valence-electron chi connectivity index (χ0n) is 17.3. The van der Waals surface area contributed by atoms with Gasteiger partial charge in [0.05, 0.1) is 18.2 Å². The van der Waals surface area contributed by atoms with E-state index in [0.717, 1.165) is 5.56 Å². The Bertz CT molecular complexity index is 1140. The number of ether oxygens (including phenoxy) is 1. The van der Waals surface area contributed by atoms with Crippen LogP contribution in [0.15, 0.2) is 78.6 Å². The fourth-order valence-corrected chi connectivity index (χ4v) is 3.69. The van der Waals surface area contributed by atoms with E-state index < -0.39 is 17.7 Å². The molecule has 2 aromatic carbocycles. The second-order valence-electron chi connectivity index (χ2n) is 7.25. The molecule has 156 valence electrons. The number of carbonyl (C=O) groups is 2. The predicted octanol–water partition coefficient (Wildman–Crippen LogP) is 4.42. The molecule has 6 heteroatoms. The Morgan fingerprint density at radius 3 is 2.39 bits per heavy atom. The van der Waals surface area contributed by atoms with Gasteiger partial charge in [0.2, 0.25) is 0 Å². The Balaban J connectivity index is 1.87. The maximum atomic E-state index is 13.1. The van der Waals surface area contributed by atoms with Crippen molar-refractivity contribution in [2.45, 2.75) is 19.9 Å². The molecule has 0 bridgehead atoms. The van der Waals surface area contributed by atoms with Crippen molar-refractivity contribution in [3.63, 3.8) is 0 Å². The van der Waals surface area contributed by atoms with E-state index in [1.54, 1.807) is 60.9 Å².